The number of urea groups is 1. The van der Waals surface area contributed by atoms with E-state index in [4.69, 9.17) is 0 Å². The van der Waals surface area contributed by atoms with E-state index in [1.807, 2.05) is 4.90 Å². The first-order valence-electron chi connectivity index (χ1n) is 12.3. The zero-order valence-corrected chi connectivity index (χ0v) is 20.7. The molecule has 3 aliphatic carbocycles. The number of alkyl halides is 3. The molecular weight excluding hydrogens is 457 g/mol. The highest BCUT2D eigenvalue weighted by Gasteiger charge is 2.51. The Kier molecular flexibility index (Phi) is 7.18. The number of halogens is 3. The number of hydrogen-bond acceptors (Lipinski definition) is 3. The van der Waals surface area contributed by atoms with Crippen molar-refractivity contribution in [3.8, 4) is 0 Å². The van der Waals surface area contributed by atoms with E-state index in [0.29, 0.717) is 56.3 Å². The Morgan fingerprint density at radius 1 is 1.11 bits per heavy atom. The zero-order chi connectivity index (χ0) is 25.4. The maximum Gasteiger partial charge on any atom is 0.416 e. The lowest BCUT2D eigenvalue weighted by Crippen LogP contribution is -2.52. The molecule has 1 N–H and O–H groups in total. The Bertz CT molecular complexity index is 966. The van der Waals surface area contributed by atoms with E-state index in [1.54, 1.807) is 11.8 Å². The van der Waals surface area contributed by atoms with E-state index in [0.717, 1.165) is 31.0 Å². The lowest BCUT2D eigenvalue weighted by atomic mass is 9.49. The molecule has 1 heterocycles. The second-order valence-corrected chi connectivity index (χ2v) is 10.6. The number of rotatable bonds is 6. The summed E-state index contributed by atoms with van der Waals surface area (Å²) in [6, 6.07) is 4.13. The molecule has 2 atom stereocenters. The molecule has 1 aliphatic heterocycles. The van der Waals surface area contributed by atoms with Crippen LogP contribution >= 0.6 is 0 Å². The quantitative estimate of drug-likeness (QED) is 0.586. The number of carbonyl (C=O) groups excluding carboxylic acids is 2. The third-order valence-corrected chi connectivity index (χ3v) is 8.21. The Hall–Kier alpha value is -2.55. The van der Waals surface area contributed by atoms with Crippen LogP contribution in [0.3, 0.4) is 0 Å². The highest BCUT2D eigenvalue weighted by Crippen LogP contribution is 2.59. The predicted molar refractivity (Wildman–Crippen MR) is 129 cm³/mol. The van der Waals surface area contributed by atoms with Crippen molar-refractivity contribution in [3.63, 3.8) is 0 Å². The van der Waals surface area contributed by atoms with Gasteiger partial charge in [-0.25, -0.2) is 4.79 Å². The highest BCUT2D eigenvalue weighted by atomic mass is 19.4. The van der Waals surface area contributed by atoms with Crippen LogP contribution in [0.15, 0.2) is 35.9 Å². The maximum absolute atomic E-state index is 12.7. The fourth-order valence-corrected chi connectivity index (χ4v) is 5.61. The van der Waals surface area contributed by atoms with Crippen molar-refractivity contribution in [2.75, 3.05) is 51.1 Å². The molecule has 35 heavy (non-hydrogen) atoms. The van der Waals surface area contributed by atoms with Gasteiger partial charge in [0.25, 0.3) is 0 Å². The SMILES string of the molecule is CC(=O)N(CCN1CCN(C(=O)Nc2ccc(C(F)(F)F)cc2)CC1)CC1=CCC2CC1C2(C)C. The maximum atomic E-state index is 12.7. The summed E-state index contributed by atoms with van der Waals surface area (Å²) in [5.74, 6) is 1.43. The van der Waals surface area contributed by atoms with Crippen LogP contribution in [0, 0.1) is 17.3 Å². The fraction of sp³-hybridized carbons (Fsp3) is 0.615. The normalized spacial score (nSPS) is 23.8. The van der Waals surface area contributed by atoms with Gasteiger partial charge in [0.05, 0.1) is 5.56 Å². The zero-order valence-electron chi connectivity index (χ0n) is 20.7. The molecular formula is C26H35F3N4O2. The van der Waals surface area contributed by atoms with Gasteiger partial charge in [-0.2, -0.15) is 13.2 Å². The molecule has 2 bridgehead atoms. The third kappa shape index (κ3) is 5.66. The molecule has 2 unspecified atom stereocenters. The number of allylic oxidation sites excluding steroid dienone is 1. The molecule has 1 aromatic rings. The van der Waals surface area contributed by atoms with Crippen molar-refractivity contribution >= 4 is 17.6 Å². The van der Waals surface area contributed by atoms with Crippen LogP contribution in [0.1, 0.15) is 39.2 Å². The predicted octanol–water partition coefficient (Wildman–Crippen LogP) is 4.70. The first-order chi connectivity index (χ1) is 16.4. The number of amides is 3. The second kappa shape index (κ2) is 9.84. The molecule has 0 aromatic heterocycles. The number of fused-ring (bicyclic) bond motifs is 1. The lowest BCUT2D eigenvalue weighted by molar-refractivity contribution is -0.137. The van der Waals surface area contributed by atoms with Gasteiger partial charge in [0.1, 0.15) is 0 Å². The topological polar surface area (TPSA) is 55.9 Å². The third-order valence-electron chi connectivity index (χ3n) is 8.21. The fourth-order valence-electron chi connectivity index (χ4n) is 5.61. The minimum atomic E-state index is -4.40. The molecule has 0 spiro atoms. The summed E-state index contributed by atoms with van der Waals surface area (Å²) in [7, 11) is 0. The van der Waals surface area contributed by atoms with Crippen molar-refractivity contribution in [2.24, 2.45) is 17.3 Å². The van der Waals surface area contributed by atoms with E-state index in [1.165, 1.54) is 24.1 Å². The number of nitrogens with one attached hydrogen (secondary N) is 1. The lowest BCUT2D eigenvalue weighted by Gasteiger charge is -2.57. The smallest absolute Gasteiger partial charge is 0.338 e. The van der Waals surface area contributed by atoms with E-state index in [2.05, 4.69) is 30.1 Å². The Morgan fingerprint density at radius 2 is 1.77 bits per heavy atom. The van der Waals surface area contributed by atoms with Gasteiger partial charge in [-0.15, -0.1) is 0 Å². The molecule has 0 radical (unpaired) electrons. The summed E-state index contributed by atoms with van der Waals surface area (Å²) in [4.78, 5) is 30.7. The van der Waals surface area contributed by atoms with Gasteiger partial charge < -0.3 is 15.1 Å². The Labute approximate surface area is 205 Å². The summed E-state index contributed by atoms with van der Waals surface area (Å²) in [6.45, 7) is 10.8. The van der Waals surface area contributed by atoms with Crippen LogP contribution in [0.4, 0.5) is 23.7 Å². The van der Waals surface area contributed by atoms with E-state index in [-0.39, 0.29) is 11.9 Å². The van der Waals surface area contributed by atoms with Gasteiger partial charge in [0.2, 0.25) is 5.91 Å². The van der Waals surface area contributed by atoms with Gasteiger partial charge in [0, 0.05) is 58.4 Å². The average molecular weight is 493 g/mol. The van der Waals surface area contributed by atoms with Crippen molar-refractivity contribution < 1.29 is 22.8 Å². The van der Waals surface area contributed by atoms with Gasteiger partial charge in [-0.1, -0.05) is 25.5 Å². The molecule has 3 amide bonds. The van der Waals surface area contributed by atoms with Crippen LogP contribution < -0.4 is 5.32 Å². The molecule has 1 saturated heterocycles. The number of nitrogens with zero attached hydrogens (tertiary/aromatic N) is 3. The molecule has 5 rings (SSSR count). The molecule has 9 heteroatoms. The first kappa shape index (κ1) is 25.5. The van der Waals surface area contributed by atoms with Crippen molar-refractivity contribution in [2.45, 2.75) is 39.8 Å². The Balaban J connectivity index is 1.22. The van der Waals surface area contributed by atoms with Crippen LogP contribution in [0.2, 0.25) is 0 Å². The van der Waals surface area contributed by atoms with E-state index >= 15 is 0 Å². The summed E-state index contributed by atoms with van der Waals surface area (Å²) in [5, 5.41) is 2.67. The summed E-state index contributed by atoms with van der Waals surface area (Å²) in [6.07, 6.45) is 0.289. The van der Waals surface area contributed by atoms with Crippen molar-refractivity contribution in [3.05, 3.63) is 41.5 Å². The number of anilines is 1. The van der Waals surface area contributed by atoms with Crippen LogP contribution in [0.25, 0.3) is 0 Å². The van der Waals surface area contributed by atoms with E-state index in [9.17, 15) is 22.8 Å². The summed E-state index contributed by atoms with van der Waals surface area (Å²) in [5.41, 5.74) is 1.33. The molecule has 6 nitrogen and oxygen atoms in total. The molecule has 1 aromatic carbocycles. The van der Waals surface area contributed by atoms with Gasteiger partial charge in [-0.3, -0.25) is 9.69 Å². The summed E-state index contributed by atoms with van der Waals surface area (Å²) < 4.78 is 38.1. The van der Waals surface area contributed by atoms with Gasteiger partial charge in [-0.05, 0) is 54.4 Å². The van der Waals surface area contributed by atoms with Crippen molar-refractivity contribution in [1.82, 2.24) is 14.7 Å². The van der Waals surface area contributed by atoms with Gasteiger partial charge in [0.15, 0.2) is 0 Å². The average Bonchev–Trinajstić information content (AvgIpc) is 2.81. The second-order valence-electron chi connectivity index (χ2n) is 10.6. The van der Waals surface area contributed by atoms with E-state index < -0.39 is 11.7 Å². The molecule has 2 fully saturated rings. The number of piperazine rings is 1. The van der Waals surface area contributed by atoms with Crippen LogP contribution in [0.5, 0.6) is 0 Å². The number of hydrogen-bond donors (Lipinski definition) is 1. The number of benzene rings is 1. The number of carbonyl (C=O) groups is 2. The van der Waals surface area contributed by atoms with Gasteiger partial charge >= 0.3 is 12.2 Å². The molecule has 192 valence electrons. The van der Waals surface area contributed by atoms with Crippen LogP contribution in [-0.4, -0.2) is 72.5 Å². The summed E-state index contributed by atoms with van der Waals surface area (Å²) >= 11 is 0. The largest absolute Gasteiger partial charge is 0.416 e. The standard InChI is InChI=1S/C26H35F3N4O2/c1-18(34)33(17-19-4-5-21-16-23(19)25(21,2)3)15-12-31-10-13-32(14-11-31)24(35)30-22-8-6-20(7-9-22)26(27,28)29/h4,6-9,21,23H,5,10-17H2,1-3H3,(H,30,35). The molecule has 1 saturated carbocycles. The minimum Gasteiger partial charge on any atom is -0.338 e. The molecule has 4 aliphatic rings. The Morgan fingerprint density at radius 3 is 2.31 bits per heavy atom. The monoisotopic (exact) mass is 492 g/mol. The van der Waals surface area contributed by atoms with Crippen LogP contribution in [-0.2, 0) is 11.0 Å². The minimum absolute atomic E-state index is 0.0831. The van der Waals surface area contributed by atoms with Crippen molar-refractivity contribution in [1.29, 1.82) is 0 Å². The first-order valence-corrected chi connectivity index (χ1v) is 12.3. The highest BCUT2D eigenvalue weighted by molar-refractivity contribution is 5.89.